The van der Waals surface area contributed by atoms with Gasteiger partial charge in [0.15, 0.2) is 5.65 Å². The van der Waals surface area contributed by atoms with Crippen LogP contribution in [0.2, 0.25) is 5.02 Å². The lowest BCUT2D eigenvalue weighted by atomic mass is 10.1. The van der Waals surface area contributed by atoms with Gasteiger partial charge in [0.25, 0.3) is 5.56 Å². The van der Waals surface area contributed by atoms with E-state index in [0.29, 0.717) is 41.7 Å². The number of benzene rings is 1. The number of aromatic amines is 1. The second-order valence-electron chi connectivity index (χ2n) is 7.68. The fourth-order valence-electron chi connectivity index (χ4n) is 3.31. The molecule has 0 saturated carbocycles. The van der Waals surface area contributed by atoms with Crippen molar-refractivity contribution in [2.45, 2.75) is 32.4 Å². The van der Waals surface area contributed by atoms with Gasteiger partial charge in [0.2, 0.25) is 5.95 Å². The number of anilines is 1. The molecular weight excluding hydrogens is 366 g/mol. The number of halogens is 1. The molecule has 1 atom stereocenters. The number of rotatable bonds is 2. The molecule has 3 heterocycles. The van der Waals surface area contributed by atoms with Crippen molar-refractivity contribution in [1.82, 2.24) is 19.7 Å². The minimum absolute atomic E-state index is 0.180. The van der Waals surface area contributed by atoms with Crippen LogP contribution in [0.5, 0.6) is 0 Å². The number of hydrogen-bond donors (Lipinski definition) is 1. The molecule has 2 aromatic heterocycles. The van der Waals surface area contributed by atoms with Crippen molar-refractivity contribution in [2.24, 2.45) is 0 Å². The highest BCUT2D eigenvalue weighted by atomic mass is 35.5. The molecule has 0 radical (unpaired) electrons. The largest absolute Gasteiger partial charge is 0.370 e. The fraction of sp³-hybridized carbons (Fsp3) is 0.421. The summed E-state index contributed by atoms with van der Waals surface area (Å²) in [7, 11) is 0. The van der Waals surface area contributed by atoms with Crippen molar-refractivity contribution in [1.29, 1.82) is 0 Å². The SMILES string of the molecule is CC(C)(C)n1ncc2c(=O)[nH]c(N3CCOC(c4ccccc4Cl)C3)nc21. The van der Waals surface area contributed by atoms with Gasteiger partial charge in [-0.15, -0.1) is 0 Å². The van der Waals surface area contributed by atoms with Gasteiger partial charge in [-0.2, -0.15) is 10.1 Å². The van der Waals surface area contributed by atoms with Gasteiger partial charge in [-0.1, -0.05) is 29.8 Å². The van der Waals surface area contributed by atoms with E-state index in [9.17, 15) is 4.79 Å². The molecule has 1 aliphatic rings. The second kappa shape index (κ2) is 6.65. The van der Waals surface area contributed by atoms with Crippen LogP contribution in [0.3, 0.4) is 0 Å². The first-order valence-corrected chi connectivity index (χ1v) is 9.32. The summed E-state index contributed by atoms with van der Waals surface area (Å²) in [5, 5.41) is 5.52. The molecule has 1 aliphatic heterocycles. The lowest BCUT2D eigenvalue weighted by Gasteiger charge is -2.33. The molecule has 4 rings (SSSR count). The molecule has 0 spiro atoms. The Morgan fingerprint density at radius 1 is 1.30 bits per heavy atom. The Bertz CT molecular complexity index is 1040. The van der Waals surface area contributed by atoms with Gasteiger partial charge in [0.05, 0.1) is 24.9 Å². The van der Waals surface area contributed by atoms with Gasteiger partial charge in [-0.3, -0.25) is 9.78 Å². The van der Waals surface area contributed by atoms with E-state index in [1.54, 1.807) is 10.9 Å². The minimum Gasteiger partial charge on any atom is -0.370 e. The predicted molar refractivity (Wildman–Crippen MR) is 106 cm³/mol. The summed E-state index contributed by atoms with van der Waals surface area (Å²) < 4.78 is 7.70. The zero-order valence-electron chi connectivity index (χ0n) is 15.6. The van der Waals surface area contributed by atoms with Crippen molar-refractivity contribution < 1.29 is 4.74 Å². The third kappa shape index (κ3) is 3.33. The summed E-state index contributed by atoms with van der Waals surface area (Å²) in [6.45, 7) is 7.81. The number of morpholine rings is 1. The van der Waals surface area contributed by atoms with Crippen molar-refractivity contribution in [3.05, 3.63) is 51.4 Å². The molecule has 1 fully saturated rings. The van der Waals surface area contributed by atoms with Crippen LogP contribution in [0.25, 0.3) is 11.0 Å². The maximum absolute atomic E-state index is 12.6. The van der Waals surface area contributed by atoms with E-state index >= 15 is 0 Å². The van der Waals surface area contributed by atoms with Gasteiger partial charge in [-0.05, 0) is 26.8 Å². The number of fused-ring (bicyclic) bond motifs is 1. The van der Waals surface area contributed by atoms with Gasteiger partial charge >= 0.3 is 0 Å². The average Bonchev–Trinajstić information content (AvgIpc) is 3.07. The third-order valence-electron chi connectivity index (χ3n) is 4.68. The van der Waals surface area contributed by atoms with Gasteiger partial charge in [0.1, 0.15) is 11.5 Å². The lowest BCUT2D eigenvalue weighted by molar-refractivity contribution is 0.0393. The Kier molecular flexibility index (Phi) is 4.44. The van der Waals surface area contributed by atoms with Crippen LogP contribution in [-0.2, 0) is 10.3 Å². The van der Waals surface area contributed by atoms with Crippen molar-refractivity contribution in [2.75, 3.05) is 24.6 Å². The number of H-pyrrole nitrogens is 1. The Morgan fingerprint density at radius 2 is 2.07 bits per heavy atom. The zero-order chi connectivity index (χ0) is 19.2. The maximum Gasteiger partial charge on any atom is 0.263 e. The zero-order valence-corrected chi connectivity index (χ0v) is 16.3. The van der Waals surface area contributed by atoms with Gasteiger partial charge < -0.3 is 9.64 Å². The van der Waals surface area contributed by atoms with E-state index in [2.05, 4.69) is 10.1 Å². The quantitative estimate of drug-likeness (QED) is 0.731. The Balaban J connectivity index is 1.71. The van der Waals surface area contributed by atoms with E-state index in [-0.39, 0.29) is 17.2 Å². The van der Waals surface area contributed by atoms with Crippen molar-refractivity contribution in [3.63, 3.8) is 0 Å². The summed E-state index contributed by atoms with van der Waals surface area (Å²) in [6, 6.07) is 7.66. The monoisotopic (exact) mass is 387 g/mol. The van der Waals surface area contributed by atoms with E-state index in [1.165, 1.54) is 0 Å². The molecule has 27 heavy (non-hydrogen) atoms. The normalized spacial score (nSPS) is 18.2. The number of aromatic nitrogens is 4. The molecule has 0 aliphatic carbocycles. The summed E-state index contributed by atoms with van der Waals surface area (Å²) in [6.07, 6.45) is 1.39. The Hall–Kier alpha value is -2.38. The van der Waals surface area contributed by atoms with Crippen LogP contribution in [-0.4, -0.2) is 39.4 Å². The standard InChI is InChI=1S/C19H22ClN5O2/c1-19(2,3)25-16-13(10-21-25)17(26)23-18(22-16)24-8-9-27-15(11-24)12-6-4-5-7-14(12)20/h4-7,10,15H,8-9,11H2,1-3H3,(H,22,23,26). The van der Waals surface area contributed by atoms with Crippen LogP contribution >= 0.6 is 11.6 Å². The number of nitrogens with one attached hydrogen (secondary N) is 1. The van der Waals surface area contributed by atoms with Crippen LogP contribution in [0.15, 0.2) is 35.3 Å². The first-order valence-electron chi connectivity index (χ1n) is 8.94. The first kappa shape index (κ1) is 18.0. The van der Waals surface area contributed by atoms with Crippen LogP contribution in [0, 0.1) is 0 Å². The lowest BCUT2D eigenvalue weighted by Crippen LogP contribution is -2.40. The molecule has 7 nitrogen and oxygen atoms in total. The molecule has 1 saturated heterocycles. The third-order valence-corrected chi connectivity index (χ3v) is 5.02. The van der Waals surface area contributed by atoms with Crippen molar-refractivity contribution in [3.8, 4) is 0 Å². The minimum atomic E-state index is -0.273. The predicted octanol–water partition coefficient (Wildman–Crippen LogP) is 3.11. The van der Waals surface area contributed by atoms with E-state index in [1.807, 2.05) is 49.9 Å². The summed E-state index contributed by atoms with van der Waals surface area (Å²) >= 11 is 6.33. The van der Waals surface area contributed by atoms with Crippen LogP contribution < -0.4 is 10.5 Å². The average molecular weight is 388 g/mol. The molecule has 3 aromatic rings. The summed E-state index contributed by atoms with van der Waals surface area (Å²) in [5.41, 5.74) is 1.06. The highest BCUT2D eigenvalue weighted by Gasteiger charge is 2.26. The summed E-state index contributed by atoms with van der Waals surface area (Å²) in [4.78, 5) is 22.2. The first-order chi connectivity index (χ1) is 12.8. The van der Waals surface area contributed by atoms with Gasteiger partial charge in [-0.25, -0.2) is 4.68 Å². The molecule has 0 amide bonds. The fourth-order valence-corrected chi connectivity index (χ4v) is 3.57. The molecule has 142 valence electrons. The Morgan fingerprint density at radius 3 is 2.81 bits per heavy atom. The number of ether oxygens (including phenoxy) is 1. The highest BCUT2D eigenvalue weighted by Crippen LogP contribution is 2.29. The van der Waals surface area contributed by atoms with Crippen LogP contribution in [0.1, 0.15) is 32.4 Å². The maximum atomic E-state index is 12.6. The molecular formula is C19H22ClN5O2. The van der Waals surface area contributed by atoms with Crippen molar-refractivity contribution >= 4 is 28.6 Å². The molecule has 1 unspecified atom stereocenters. The smallest absolute Gasteiger partial charge is 0.263 e. The summed E-state index contributed by atoms with van der Waals surface area (Å²) in [5.74, 6) is 0.527. The van der Waals surface area contributed by atoms with E-state index in [0.717, 1.165) is 5.56 Å². The van der Waals surface area contributed by atoms with E-state index < -0.39 is 0 Å². The second-order valence-corrected chi connectivity index (χ2v) is 8.09. The number of hydrogen-bond acceptors (Lipinski definition) is 5. The highest BCUT2D eigenvalue weighted by molar-refractivity contribution is 6.31. The number of nitrogens with zero attached hydrogens (tertiary/aromatic N) is 4. The molecule has 1 N–H and O–H groups in total. The molecule has 8 heteroatoms. The van der Waals surface area contributed by atoms with E-state index in [4.69, 9.17) is 21.3 Å². The molecule has 0 bridgehead atoms. The Labute approximate surface area is 161 Å². The van der Waals surface area contributed by atoms with Crippen LogP contribution in [0.4, 0.5) is 5.95 Å². The molecule has 1 aromatic carbocycles. The topological polar surface area (TPSA) is 76.0 Å². The van der Waals surface area contributed by atoms with Gasteiger partial charge in [0, 0.05) is 17.1 Å².